The van der Waals surface area contributed by atoms with Gasteiger partial charge in [-0.3, -0.25) is 9.59 Å². The molecule has 6 rings (SSSR count). The molecule has 2 heterocycles. The lowest BCUT2D eigenvalue weighted by molar-refractivity contribution is -0.286. The summed E-state index contributed by atoms with van der Waals surface area (Å²) >= 11 is 7.94. The molecular weight excluding hydrogens is 774 g/mol. The van der Waals surface area contributed by atoms with Gasteiger partial charge in [0.15, 0.2) is 6.10 Å². The van der Waals surface area contributed by atoms with Crippen molar-refractivity contribution in [2.24, 2.45) is 5.41 Å². The van der Waals surface area contributed by atoms with Gasteiger partial charge in [0.25, 0.3) is 5.97 Å². The number of ether oxygens (including phenoxy) is 2. The molecule has 6 N–H and O–H groups in total. The number of fused-ring (bicyclic) bond motifs is 1. The number of carbonyl (C=O) groups excluding carboxylic acids is 1. The van der Waals surface area contributed by atoms with Gasteiger partial charge in [-0.15, -0.1) is 0 Å². The Bertz CT molecular complexity index is 2080. The highest BCUT2D eigenvalue weighted by atomic mass is 35.5. The lowest BCUT2D eigenvalue weighted by Gasteiger charge is -2.38. The molecule has 6 atom stereocenters. The van der Waals surface area contributed by atoms with Gasteiger partial charge in [0.2, 0.25) is 6.29 Å². The van der Waals surface area contributed by atoms with Crippen LogP contribution < -0.4 is 0 Å². The first-order chi connectivity index (χ1) is 26.9. The van der Waals surface area contributed by atoms with Crippen molar-refractivity contribution in [2.45, 2.75) is 94.4 Å². The van der Waals surface area contributed by atoms with Crippen LogP contribution >= 0.6 is 23.4 Å². The first-order valence-electron chi connectivity index (χ1n) is 18.5. The number of hydrogen-bond acceptors (Lipinski definition) is 11. The molecule has 2 fully saturated rings. The van der Waals surface area contributed by atoms with Gasteiger partial charge in [-0.1, -0.05) is 78.3 Å². The van der Waals surface area contributed by atoms with E-state index >= 15 is 0 Å². The zero-order valence-electron chi connectivity index (χ0n) is 31.8. The number of carboxylic acids is 2. The van der Waals surface area contributed by atoms with Crippen molar-refractivity contribution in [3.63, 3.8) is 0 Å². The number of aromatic nitrogens is 1. The van der Waals surface area contributed by atoms with Gasteiger partial charge in [-0.05, 0) is 91.5 Å². The van der Waals surface area contributed by atoms with E-state index in [-0.39, 0.29) is 17.1 Å². The number of nitrogens with zero attached hydrogens (tertiary/aromatic N) is 1. The molecular formula is C43H48ClNO11S. The fourth-order valence-corrected chi connectivity index (χ4v) is 8.40. The molecule has 304 valence electrons. The monoisotopic (exact) mass is 821 g/mol. The van der Waals surface area contributed by atoms with Gasteiger partial charge in [-0.2, -0.15) is 11.8 Å². The SMILES string of the molecule is CC(=O)O.CC(C)(O)c1ccccc1CC[C@@H](SCC1(CC(=O)O[C@H]2O[C@H](C(=O)O)[C@@H](O)C(O)C2O)CC1)c1cccc(/C=C/c2ccc3ccc(Cl)cc3n2)c1. The third kappa shape index (κ3) is 12.1. The third-order valence-electron chi connectivity index (χ3n) is 9.88. The molecule has 1 aliphatic heterocycles. The van der Waals surface area contributed by atoms with Crippen molar-refractivity contribution < 1.29 is 54.5 Å². The zero-order chi connectivity index (χ0) is 41.5. The highest BCUT2D eigenvalue weighted by Crippen LogP contribution is 2.54. The summed E-state index contributed by atoms with van der Waals surface area (Å²) in [5, 5.41) is 59.7. The predicted molar refractivity (Wildman–Crippen MR) is 217 cm³/mol. The predicted octanol–water partition coefficient (Wildman–Crippen LogP) is 6.39. The molecule has 0 bridgehead atoms. The van der Waals surface area contributed by atoms with Crippen LogP contribution in [0.15, 0.2) is 78.9 Å². The standard InChI is InChI=1S/C41H44ClNO9S.C2H4O2/c1-40(2,50)30-9-4-3-7-25(30)13-17-32(27-8-5-6-24(20-27)10-15-29-16-12-26-11-14-28(42)21-31(26)43-29)53-23-41(18-19-41)22-33(44)51-39-36(47)34(45)35(46)37(52-39)38(48)49;1-2(3)4/h3-12,14-16,20-21,32,34-37,39,45-47,50H,13,17-19,22-23H2,1-2H3,(H,48,49);1H3,(H,3,4)/b15-10+;/t32-,34?,35+,36?,37+,39+;/m1./s1. The second-order valence-corrected chi connectivity index (χ2v) is 16.7. The van der Waals surface area contributed by atoms with Crippen molar-refractivity contribution in [2.75, 3.05) is 5.75 Å². The van der Waals surface area contributed by atoms with Crippen molar-refractivity contribution in [3.8, 4) is 0 Å². The van der Waals surface area contributed by atoms with Crippen LogP contribution in [-0.2, 0) is 35.9 Å². The second kappa shape index (κ2) is 18.9. The maximum Gasteiger partial charge on any atom is 0.335 e. The van der Waals surface area contributed by atoms with Crippen LogP contribution in [0.4, 0.5) is 0 Å². The fourth-order valence-electron chi connectivity index (χ4n) is 6.66. The van der Waals surface area contributed by atoms with Crippen molar-refractivity contribution in [3.05, 3.63) is 112 Å². The van der Waals surface area contributed by atoms with E-state index in [1.54, 1.807) is 25.6 Å². The number of thioether (sulfide) groups is 1. The fraction of sp³-hybridized carbons (Fsp3) is 0.395. The van der Waals surface area contributed by atoms with Crippen LogP contribution in [-0.4, -0.2) is 90.0 Å². The van der Waals surface area contributed by atoms with Crippen molar-refractivity contribution >= 4 is 64.3 Å². The van der Waals surface area contributed by atoms with E-state index in [4.69, 9.17) is 36.0 Å². The molecule has 0 spiro atoms. The number of halogens is 1. The number of esters is 1. The van der Waals surface area contributed by atoms with Crippen molar-refractivity contribution in [1.29, 1.82) is 0 Å². The Morgan fingerprint density at radius 3 is 2.35 bits per heavy atom. The smallest absolute Gasteiger partial charge is 0.335 e. The molecule has 2 aliphatic rings. The van der Waals surface area contributed by atoms with Gasteiger partial charge in [0.1, 0.15) is 18.3 Å². The highest BCUT2D eigenvalue weighted by Gasteiger charge is 2.50. The molecule has 1 aliphatic carbocycles. The van der Waals surface area contributed by atoms with Gasteiger partial charge in [-0.25, -0.2) is 9.78 Å². The molecule has 1 aromatic heterocycles. The summed E-state index contributed by atoms with van der Waals surface area (Å²) in [5.41, 5.74) is 4.30. The van der Waals surface area contributed by atoms with E-state index in [0.717, 1.165) is 65.0 Å². The van der Waals surface area contributed by atoms with Crippen LogP contribution in [0, 0.1) is 5.41 Å². The van der Waals surface area contributed by atoms with E-state index in [9.17, 15) is 35.1 Å². The topological polar surface area (TPSA) is 204 Å². The summed E-state index contributed by atoms with van der Waals surface area (Å²) in [4.78, 5) is 38.3. The number of aryl methyl sites for hydroxylation is 1. The number of aliphatic carboxylic acids is 2. The number of aliphatic hydroxyl groups excluding tert-OH is 3. The summed E-state index contributed by atoms with van der Waals surface area (Å²) in [6.45, 7) is 4.65. The van der Waals surface area contributed by atoms with Crippen LogP contribution in [0.3, 0.4) is 0 Å². The normalized spacial score (nSPS) is 22.0. The minimum absolute atomic E-state index is 0.0178. The number of hydrogen-bond donors (Lipinski definition) is 6. The zero-order valence-corrected chi connectivity index (χ0v) is 33.4. The number of carboxylic acid groups (broad SMARTS) is 2. The van der Waals surface area contributed by atoms with Gasteiger partial charge in [0, 0.05) is 28.3 Å². The first kappa shape index (κ1) is 43.8. The Balaban J connectivity index is 0.00000148. The molecule has 57 heavy (non-hydrogen) atoms. The summed E-state index contributed by atoms with van der Waals surface area (Å²) in [5.74, 6) is -2.44. The van der Waals surface area contributed by atoms with E-state index in [0.29, 0.717) is 17.2 Å². The minimum Gasteiger partial charge on any atom is -0.481 e. The molecule has 0 radical (unpaired) electrons. The number of aliphatic hydroxyl groups is 4. The second-order valence-electron chi connectivity index (χ2n) is 15.1. The van der Waals surface area contributed by atoms with E-state index in [1.165, 1.54) is 0 Å². The van der Waals surface area contributed by atoms with Gasteiger partial charge in [0.05, 0.1) is 23.2 Å². The Morgan fingerprint density at radius 1 is 0.965 bits per heavy atom. The maximum atomic E-state index is 13.1. The summed E-state index contributed by atoms with van der Waals surface area (Å²) in [7, 11) is 0. The largest absolute Gasteiger partial charge is 0.481 e. The molecule has 2 unspecified atom stereocenters. The number of benzene rings is 3. The van der Waals surface area contributed by atoms with Crippen LogP contribution in [0.5, 0.6) is 0 Å². The highest BCUT2D eigenvalue weighted by molar-refractivity contribution is 7.99. The van der Waals surface area contributed by atoms with Crippen molar-refractivity contribution in [1.82, 2.24) is 4.98 Å². The lowest BCUT2D eigenvalue weighted by atomic mass is 9.90. The summed E-state index contributed by atoms with van der Waals surface area (Å²) in [6.07, 6.45) is -2.07. The molecule has 1 saturated heterocycles. The average Bonchev–Trinajstić information content (AvgIpc) is 3.92. The van der Waals surface area contributed by atoms with Gasteiger partial charge >= 0.3 is 11.9 Å². The van der Waals surface area contributed by atoms with E-state index in [1.807, 2.05) is 78.9 Å². The Kier molecular flexibility index (Phi) is 14.5. The molecule has 0 amide bonds. The van der Waals surface area contributed by atoms with Crippen LogP contribution in [0.2, 0.25) is 5.02 Å². The average molecular weight is 822 g/mol. The number of pyridine rings is 1. The molecule has 4 aromatic rings. The lowest BCUT2D eigenvalue weighted by Crippen LogP contribution is -2.60. The van der Waals surface area contributed by atoms with Crippen LogP contribution in [0.25, 0.3) is 23.1 Å². The maximum absolute atomic E-state index is 13.1. The van der Waals surface area contributed by atoms with Gasteiger partial charge < -0.3 is 40.1 Å². The first-order valence-corrected chi connectivity index (χ1v) is 20.0. The van der Waals surface area contributed by atoms with E-state index < -0.39 is 54.2 Å². The Labute approximate surface area is 340 Å². The number of rotatable bonds is 14. The molecule has 12 nitrogen and oxygen atoms in total. The number of carbonyl (C=O) groups is 3. The Morgan fingerprint density at radius 2 is 1.67 bits per heavy atom. The Hall–Kier alpha value is -4.34. The quantitative estimate of drug-likeness (QED) is 0.0765. The molecule has 14 heteroatoms. The molecule has 3 aromatic carbocycles. The van der Waals surface area contributed by atoms with Crippen LogP contribution in [0.1, 0.15) is 79.7 Å². The third-order valence-corrected chi connectivity index (χ3v) is 11.8. The molecule has 1 saturated carbocycles. The summed E-state index contributed by atoms with van der Waals surface area (Å²) < 4.78 is 10.5. The minimum atomic E-state index is -1.88. The summed E-state index contributed by atoms with van der Waals surface area (Å²) in [6, 6.07) is 25.8. The van der Waals surface area contributed by atoms with E-state index in [2.05, 4.69) is 12.1 Å².